The molecule has 0 radical (unpaired) electrons. The number of anilines is 1. The number of nitrogens with one attached hydrogen (secondary N) is 1. The molecule has 0 saturated carbocycles. The van der Waals surface area contributed by atoms with Crippen molar-refractivity contribution in [3.63, 3.8) is 0 Å². The Morgan fingerprint density at radius 2 is 2.24 bits per heavy atom. The smallest absolute Gasteiger partial charge is 0.237 e. The highest BCUT2D eigenvalue weighted by atomic mass is 35.5. The van der Waals surface area contributed by atoms with E-state index in [9.17, 15) is 4.79 Å². The molecule has 2 atom stereocenters. The van der Waals surface area contributed by atoms with Crippen molar-refractivity contribution in [1.29, 1.82) is 0 Å². The summed E-state index contributed by atoms with van der Waals surface area (Å²) in [6.07, 6.45) is 2.24. The van der Waals surface area contributed by atoms with E-state index in [1.165, 1.54) is 11.8 Å². The van der Waals surface area contributed by atoms with Crippen LogP contribution in [0.2, 0.25) is 5.02 Å². The molecule has 1 aliphatic heterocycles. The van der Waals surface area contributed by atoms with Crippen LogP contribution in [0.25, 0.3) is 10.7 Å². The highest BCUT2D eigenvalue weighted by Gasteiger charge is 2.25. The molecule has 1 amide bonds. The van der Waals surface area contributed by atoms with Crippen molar-refractivity contribution in [3.8, 4) is 10.7 Å². The topological polar surface area (TPSA) is 69.0 Å². The summed E-state index contributed by atoms with van der Waals surface area (Å²) < 4.78 is 7.90. The fourth-order valence-corrected chi connectivity index (χ4v) is 4.89. The first-order chi connectivity index (χ1) is 14.1. The van der Waals surface area contributed by atoms with Crippen LogP contribution in [0.15, 0.2) is 46.9 Å². The molecular weight excluding hydrogens is 428 g/mol. The summed E-state index contributed by atoms with van der Waals surface area (Å²) in [6, 6.07) is 11.2. The summed E-state index contributed by atoms with van der Waals surface area (Å²) in [5.41, 5.74) is 0.603. The Bertz CT molecular complexity index is 971. The predicted octanol–water partition coefficient (Wildman–Crippen LogP) is 4.96. The van der Waals surface area contributed by atoms with E-state index in [1.54, 1.807) is 23.5 Å². The minimum atomic E-state index is -0.366. The molecule has 1 aromatic carbocycles. The fourth-order valence-electron chi connectivity index (χ4n) is 3.13. The third-order valence-electron chi connectivity index (χ3n) is 4.65. The molecule has 1 fully saturated rings. The van der Waals surface area contributed by atoms with E-state index >= 15 is 0 Å². The molecule has 4 rings (SSSR count). The van der Waals surface area contributed by atoms with E-state index in [0.717, 1.165) is 30.2 Å². The van der Waals surface area contributed by atoms with Crippen molar-refractivity contribution in [2.45, 2.75) is 42.8 Å². The first kappa shape index (κ1) is 20.4. The number of hydrogen-bond donors (Lipinski definition) is 1. The van der Waals surface area contributed by atoms with Crippen LogP contribution in [0.1, 0.15) is 19.8 Å². The Hall–Kier alpha value is -1.87. The molecule has 2 unspecified atom stereocenters. The van der Waals surface area contributed by atoms with Crippen LogP contribution in [-0.4, -0.2) is 38.6 Å². The number of hydrogen-bond acceptors (Lipinski definition) is 6. The number of amides is 1. The molecule has 0 aliphatic carbocycles. The van der Waals surface area contributed by atoms with Crippen LogP contribution in [0, 0.1) is 0 Å². The first-order valence-corrected chi connectivity index (χ1v) is 11.6. The molecule has 0 bridgehead atoms. The summed E-state index contributed by atoms with van der Waals surface area (Å²) in [5.74, 6) is 0.684. The summed E-state index contributed by atoms with van der Waals surface area (Å²) in [4.78, 5) is 13.7. The zero-order valence-electron chi connectivity index (χ0n) is 15.9. The number of rotatable bonds is 7. The van der Waals surface area contributed by atoms with Crippen molar-refractivity contribution >= 4 is 46.3 Å². The van der Waals surface area contributed by atoms with Gasteiger partial charge in [0.25, 0.3) is 0 Å². The monoisotopic (exact) mass is 448 g/mol. The van der Waals surface area contributed by atoms with Crippen LogP contribution in [0.3, 0.4) is 0 Å². The van der Waals surface area contributed by atoms with E-state index in [0.29, 0.717) is 22.4 Å². The maximum absolute atomic E-state index is 12.7. The summed E-state index contributed by atoms with van der Waals surface area (Å²) in [5, 5.41) is 14.6. The van der Waals surface area contributed by atoms with E-state index < -0.39 is 0 Å². The second kappa shape index (κ2) is 9.30. The van der Waals surface area contributed by atoms with Gasteiger partial charge in [0.05, 0.1) is 33.5 Å². The Balaban J connectivity index is 1.52. The fraction of sp³-hybridized carbons (Fsp3) is 0.350. The average Bonchev–Trinajstić information content (AvgIpc) is 3.47. The number of benzene rings is 1. The number of nitrogens with zero attached hydrogens (tertiary/aromatic N) is 3. The molecule has 6 nitrogen and oxygen atoms in total. The molecule has 1 N–H and O–H groups in total. The molecule has 152 valence electrons. The average molecular weight is 449 g/mol. The number of ether oxygens (including phenoxy) is 1. The van der Waals surface area contributed by atoms with E-state index in [1.807, 2.05) is 36.6 Å². The van der Waals surface area contributed by atoms with Crippen molar-refractivity contribution in [2.75, 3.05) is 11.9 Å². The molecule has 1 saturated heterocycles. The molecular formula is C20H21ClN4O2S2. The number of aromatic nitrogens is 3. The standard InChI is InChI=1S/C20H21ClN4O2S2/c1-13(19(26)22-16-8-3-2-7-15(16)21)29-20-24-23-18(17-9-5-11-28-17)25(20)12-14-6-4-10-27-14/h2-3,5,7-9,11,13-14H,4,6,10,12H2,1H3,(H,22,26). The lowest BCUT2D eigenvalue weighted by Crippen LogP contribution is -2.23. The van der Waals surface area contributed by atoms with Gasteiger partial charge in [-0.3, -0.25) is 9.36 Å². The van der Waals surface area contributed by atoms with E-state index in [4.69, 9.17) is 16.3 Å². The number of carbonyl (C=O) groups is 1. The lowest BCUT2D eigenvalue weighted by Gasteiger charge is -2.16. The van der Waals surface area contributed by atoms with Gasteiger partial charge in [0, 0.05) is 6.61 Å². The third-order valence-corrected chi connectivity index (χ3v) is 6.93. The van der Waals surface area contributed by atoms with Gasteiger partial charge in [-0.25, -0.2) is 0 Å². The third kappa shape index (κ3) is 4.83. The number of thioether (sulfide) groups is 1. The van der Waals surface area contributed by atoms with Crippen LogP contribution in [-0.2, 0) is 16.1 Å². The van der Waals surface area contributed by atoms with Gasteiger partial charge in [-0.2, -0.15) is 0 Å². The van der Waals surface area contributed by atoms with Crippen LogP contribution in [0.5, 0.6) is 0 Å². The quantitative estimate of drug-likeness (QED) is 0.517. The van der Waals surface area contributed by atoms with E-state index in [-0.39, 0.29) is 17.3 Å². The van der Waals surface area contributed by atoms with Crippen molar-refractivity contribution in [3.05, 3.63) is 46.8 Å². The predicted molar refractivity (Wildman–Crippen MR) is 118 cm³/mol. The second-order valence-electron chi connectivity index (χ2n) is 6.76. The Labute approximate surface area is 182 Å². The van der Waals surface area contributed by atoms with Crippen LogP contribution in [0.4, 0.5) is 5.69 Å². The molecule has 1 aliphatic rings. The molecule has 2 aromatic heterocycles. The minimum Gasteiger partial charge on any atom is -0.376 e. The van der Waals surface area contributed by atoms with Gasteiger partial charge in [0.15, 0.2) is 11.0 Å². The molecule has 3 heterocycles. The summed E-state index contributed by atoms with van der Waals surface area (Å²) >= 11 is 9.16. The highest BCUT2D eigenvalue weighted by Crippen LogP contribution is 2.31. The van der Waals surface area contributed by atoms with Gasteiger partial charge in [-0.15, -0.1) is 21.5 Å². The SMILES string of the molecule is CC(Sc1nnc(-c2cccs2)n1CC1CCCO1)C(=O)Nc1ccccc1Cl. The van der Waals surface area contributed by atoms with Gasteiger partial charge in [-0.1, -0.05) is 41.6 Å². The first-order valence-electron chi connectivity index (χ1n) is 9.42. The maximum atomic E-state index is 12.7. The lowest BCUT2D eigenvalue weighted by atomic mass is 10.2. The largest absolute Gasteiger partial charge is 0.376 e. The zero-order valence-corrected chi connectivity index (χ0v) is 18.3. The number of carbonyl (C=O) groups excluding carboxylic acids is 1. The Kier molecular flexibility index (Phi) is 6.54. The van der Waals surface area contributed by atoms with Crippen LogP contribution >= 0.6 is 34.7 Å². The van der Waals surface area contributed by atoms with Gasteiger partial charge in [-0.05, 0) is 43.3 Å². The Morgan fingerprint density at radius 3 is 2.97 bits per heavy atom. The second-order valence-corrected chi connectivity index (χ2v) is 9.42. The number of thiophene rings is 1. The lowest BCUT2D eigenvalue weighted by molar-refractivity contribution is -0.115. The highest BCUT2D eigenvalue weighted by molar-refractivity contribution is 8.00. The molecule has 0 spiro atoms. The molecule has 3 aromatic rings. The Morgan fingerprint density at radius 1 is 1.38 bits per heavy atom. The normalized spacial score (nSPS) is 17.4. The summed E-state index contributed by atoms with van der Waals surface area (Å²) in [6.45, 7) is 3.33. The number of para-hydroxylation sites is 1. The van der Waals surface area contributed by atoms with Gasteiger partial charge in [0.1, 0.15) is 0 Å². The van der Waals surface area contributed by atoms with Crippen molar-refractivity contribution in [2.24, 2.45) is 0 Å². The minimum absolute atomic E-state index is 0.132. The molecule has 29 heavy (non-hydrogen) atoms. The van der Waals surface area contributed by atoms with Crippen LogP contribution < -0.4 is 5.32 Å². The van der Waals surface area contributed by atoms with Gasteiger partial charge < -0.3 is 10.1 Å². The van der Waals surface area contributed by atoms with E-state index in [2.05, 4.69) is 20.1 Å². The zero-order chi connectivity index (χ0) is 20.2. The number of halogens is 1. The summed E-state index contributed by atoms with van der Waals surface area (Å²) in [7, 11) is 0. The maximum Gasteiger partial charge on any atom is 0.237 e. The van der Waals surface area contributed by atoms with Gasteiger partial charge in [0.2, 0.25) is 5.91 Å². The van der Waals surface area contributed by atoms with Crippen molar-refractivity contribution < 1.29 is 9.53 Å². The van der Waals surface area contributed by atoms with Gasteiger partial charge >= 0.3 is 0 Å². The molecule has 9 heteroatoms. The van der Waals surface area contributed by atoms with Crippen molar-refractivity contribution in [1.82, 2.24) is 14.8 Å².